The van der Waals surface area contributed by atoms with Gasteiger partial charge in [0.15, 0.2) is 0 Å². The van der Waals surface area contributed by atoms with Gasteiger partial charge in [-0.25, -0.2) is 4.79 Å². The first-order chi connectivity index (χ1) is 9.25. The molecule has 0 unspecified atom stereocenters. The molecule has 0 bridgehead atoms. The third-order valence-electron chi connectivity index (χ3n) is 4.67. The molecule has 104 valence electrons. The van der Waals surface area contributed by atoms with Crippen LogP contribution in [0, 0.1) is 5.92 Å². The molecule has 1 aromatic heterocycles. The van der Waals surface area contributed by atoms with E-state index in [2.05, 4.69) is 4.90 Å². The molecule has 0 aromatic carbocycles. The molecule has 2 fully saturated rings. The maximum absolute atomic E-state index is 11.1. The quantitative estimate of drug-likeness (QED) is 0.910. The van der Waals surface area contributed by atoms with Crippen LogP contribution in [0.4, 0.5) is 0 Å². The molecule has 19 heavy (non-hydrogen) atoms. The Morgan fingerprint density at radius 2 is 2.11 bits per heavy atom. The minimum absolute atomic E-state index is 0.109. The number of hydrogen-bond acceptors (Lipinski definition) is 3. The number of carbonyl (C=O) groups is 1. The van der Waals surface area contributed by atoms with Gasteiger partial charge < -0.3 is 9.52 Å². The molecule has 1 aromatic rings. The number of furan rings is 1. The molecular weight excluding hydrogens is 242 g/mol. The van der Waals surface area contributed by atoms with Gasteiger partial charge in [0.1, 0.15) is 0 Å². The molecule has 4 heteroatoms. The lowest BCUT2D eigenvalue weighted by molar-refractivity contribution is 0.0527. The second-order valence-corrected chi connectivity index (χ2v) is 5.80. The molecule has 1 N–H and O–H groups in total. The van der Waals surface area contributed by atoms with Gasteiger partial charge in [0.25, 0.3) is 0 Å². The summed E-state index contributed by atoms with van der Waals surface area (Å²) in [6.45, 7) is 1.81. The van der Waals surface area contributed by atoms with Crippen molar-refractivity contribution in [2.24, 2.45) is 5.92 Å². The SMILES string of the molecule is O=C(O)c1occc1CN1CCC[C@H]2CCCC[C@H]21. The van der Waals surface area contributed by atoms with Crippen LogP contribution in [-0.4, -0.2) is 28.6 Å². The Morgan fingerprint density at radius 1 is 1.32 bits per heavy atom. The first-order valence-electron chi connectivity index (χ1n) is 7.29. The largest absolute Gasteiger partial charge is 0.475 e. The fourth-order valence-electron chi connectivity index (χ4n) is 3.79. The molecule has 0 amide bonds. The summed E-state index contributed by atoms with van der Waals surface area (Å²) < 4.78 is 5.08. The normalized spacial score (nSPS) is 28.0. The lowest BCUT2D eigenvalue weighted by Crippen LogP contribution is -2.46. The Labute approximate surface area is 113 Å². The van der Waals surface area contributed by atoms with Crippen LogP contribution in [-0.2, 0) is 6.54 Å². The van der Waals surface area contributed by atoms with Crippen LogP contribution in [0.1, 0.15) is 54.6 Å². The van der Waals surface area contributed by atoms with E-state index < -0.39 is 5.97 Å². The van der Waals surface area contributed by atoms with Gasteiger partial charge >= 0.3 is 5.97 Å². The molecule has 2 heterocycles. The van der Waals surface area contributed by atoms with Crippen molar-refractivity contribution in [3.8, 4) is 0 Å². The molecule has 3 rings (SSSR count). The van der Waals surface area contributed by atoms with E-state index >= 15 is 0 Å². The summed E-state index contributed by atoms with van der Waals surface area (Å²) in [5.74, 6) is -0.0298. The number of aromatic carboxylic acids is 1. The predicted molar refractivity (Wildman–Crippen MR) is 71.1 cm³/mol. The van der Waals surface area contributed by atoms with E-state index in [-0.39, 0.29) is 5.76 Å². The van der Waals surface area contributed by atoms with Crippen molar-refractivity contribution >= 4 is 5.97 Å². The smallest absolute Gasteiger partial charge is 0.372 e. The number of carboxylic acids is 1. The first-order valence-corrected chi connectivity index (χ1v) is 7.29. The molecule has 4 nitrogen and oxygen atoms in total. The summed E-state index contributed by atoms with van der Waals surface area (Å²) in [5.41, 5.74) is 0.818. The van der Waals surface area contributed by atoms with E-state index in [0.29, 0.717) is 6.04 Å². The maximum atomic E-state index is 11.1. The second-order valence-electron chi connectivity index (χ2n) is 5.80. The highest BCUT2D eigenvalue weighted by Gasteiger charge is 2.33. The summed E-state index contributed by atoms with van der Waals surface area (Å²) in [6.07, 6.45) is 9.36. The summed E-state index contributed by atoms with van der Waals surface area (Å²) >= 11 is 0. The van der Waals surface area contributed by atoms with Crippen LogP contribution in [0.25, 0.3) is 0 Å². The number of rotatable bonds is 3. The van der Waals surface area contributed by atoms with Crippen molar-refractivity contribution in [2.75, 3.05) is 6.54 Å². The molecule has 0 radical (unpaired) electrons. The van der Waals surface area contributed by atoms with E-state index in [9.17, 15) is 4.79 Å². The molecule has 1 saturated carbocycles. The number of hydrogen-bond donors (Lipinski definition) is 1. The zero-order valence-electron chi connectivity index (χ0n) is 11.2. The van der Waals surface area contributed by atoms with E-state index in [1.165, 1.54) is 44.8 Å². The molecule has 2 atom stereocenters. The third-order valence-corrected chi connectivity index (χ3v) is 4.67. The van der Waals surface area contributed by atoms with Crippen LogP contribution >= 0.6 is 0 Å². The Hall–Kier alpha value is -1.29. The van der Waals surface area contributed by atoms with Gasteiger partial charge in [-0.3, -0.25) is 4.90 Å². The van der Waals surface area contributed by atoms with Crippen LogP contribution in [0.5, 0.6) is 0 Å². The molecule has 1 aliphatic heterocycles. The number of fused-ring (bicyclic) bond motifs is 1. The monoisotopic (exact) mass is 263 g/mol. The molecular formula is C15H21NO3. The highest BCUT2D eigenvalue weighted by Crippen LogP contribution is 2.36. The van der Waals surface area contributed by atoms with Crippen molar-refractivity contribution in [3.63, 3.8) is 0 Å². The second kappa shape index (κ2) is 5.37. The Kier molecular flexibility index (Phi) is 3.60. The zero-order valence-corrected chi connectivity index (χ0v) is 11.2. The van der Waals surface area contributed by atoms with Gasteiger partial charge in [-0.1, -0.05) is 12.8 Å². The molecule has 2 aliphatic rings. The minimum Gasteiger partial charge on any atom is -0.475 e. The highest BCUT2D eigenvalue weighted by atomic mass is 16.4. The van der Waals surface area contributed by atoms with Gasteiger partial charge in [0.2, 0.25) is 5.76 Å². The van der Waals surface area contributed by atoms with Crippen molar-refractivity contribution in [1.82, 2.24) is 4.90 Å². The average molecular weight is 263 g/mol. The average Bonchev–Trinajstić information content (AvgIpc) is 2.87. The number of nitrogens with zero attached hydrogens (tertiary/aromatic N) is 1. The van der Waals surface area contributed by atoms with Crippen molar-refractivity contribution < 1.29 is 14.3 Å². The van der Waals surface area contributed by atoms with Crippen molar-refractivity contribution in [2.45, 2.75) is 51.1 Å². The summed E-state index contributed by atoms with van der Waals surface area (Å²) in [4.78, 5) is 13.6. The fourth-order valence-corrected chi connectivity index (χ4v) is 3.79. The summed E-state index contributed by atoms with van der Waals surface area (Å²) in [6, 6.07) is 2.45. The maximum Gasteiger partial charge on any atom is 0.372 e. The minimum atomic E-state index is -0.961. The number of likely N-dealkylation sites (tertiary alicyclic amines) is 1. The van der Waals surface area contributed by atoms with Crippen LogP contribution < -0.4 is 0 Å². The summed E-state index contributed by atoms with van der Waals surface area (Å²) in [7, 11) is 0. The van der Waals surface area contributed by atoms with Gasteiger partial charge in [0.05, 0.1) is 6.26 Å². The van der Waals surface area contributed by atoms with Gasteiger partial charge in [0, 0.05) is 18.2 Å². The topological polar surface area (TPSA) is 53.7 Å². The number of carboxylic acid groups (broad SMARTS) is 1. The van der Waals surface area contributed by atoms with Gasteiger partial charge in [-0.15, -0.1) is 0 Å². The van der Waals surface area contributed by atoms with E-state index in [1.807, 2.05) is 0 Å². The van der Waals surface area contributed by atoms with Crippen LogP contribution in [0.3, 0.4) is 0 Å². The fraction of sp³-hybridized carbons (Fsp3) is 0.667. The third kappa shape index (κ3) is 2.54. The van der Waals surface area contributed by atoms with Crippen LogP contribution in [0.2, 0.25) is 0 Å². The first kappa shape index (κ1) is 12.7. The summed E-state index contributed by atoms with van der Waals surface area (Å²) in [5, 5.41) is 9.10. The Balaban J connectivity index is 1.74. The Bertz CT molecular complexity index is 452. The molecule has 0 spiro atoms. The zero-order chi connectivity index (χ0) is 13.2. The predicted octanol–water partition coefficient (Wildman–Crippen LogP) is 3.13. The molecule has 1 saturated heterocycles. The van der Waals surface area contributed by atoms with Gasteiger partial charge in [-0.05, 0) is 44.2 Å². The lowest BCUT2D eigenvalue weighted by atomic mass is 9.78. The Morgan fingerprint density at radius 3 is 2.95 bits per heavy atom. The highest BCUT2D eigenvalue weighted by molar-refractivity contribution is 5.86. The van der Waals surface area contributed by atoms with Crippen LogP contribution in [0.15, 0.2) is 16.7 Å². The van der Waals surface area contributed by atoms with Gasteiger partial charge in [-0.2, -0.15) is 0 Å². The molecule has 1 aliphatic carbocycles. The van der Waals surface area contributed by atoms with E-state index in [0.717, 1.165) is 24.6 Å². The lowest BCUT2D eigenvalue weighted by Gasteiger charge is -2.44. The van der Waals surface area contributed by atoms with E-state index in [1.54, 1.807) is 6.07 Å². The number of piperidine rings is 1. The van der Waals surface area contributed by atoms with E-state index in [4.69, 9.17) is 9.52 Å². The standard InChI is InChI=1S/C15H21NO3/c17-15(18)14-12(7-9-19-14)10-16-8-3-5-11-4-1-2-6-13(11)16/h7,9,11,13H,1-6,8,10H2,(H,17,18)/t11-,13-/m1/s1. The van der Waals surface area contributed by atoms with Crippen molar-refractivity contribution in [1.29, 1.82) is 0 Å². The van der Waals surface area contributed by atoms with Crippen molar-refractivity contribution in [3.05, 3.63) is 23.7 Å².